The first-order valence-electron chi connectivity index (χ1n) is 15.3. The van der Waals surface area contributed by atoms with Gasteiger partial charge in [0.2, 0.25) is 0 Å². The molecule has 3 heterocycles. The van der Waals surface area contributed by atoms with Crippen LogP contribution in [0, 0.1) is 5.82 Å². The maximum absolute atomic E-state index is 15.4. The zero-order valence-electron chi connectivity index (χ0n) is 24.7. The van der Waals surface area contributed by atoms with E-state index in [1.807, 2.05) is 66.4 Å². The highest BCUT2D eigenvalue weighted by Crippen LogP contribution is 2.44. The molecule has 2 N–H and O–H groups in total. The number of fused-ring (bicyclic) bond motifs is 2. The second-order valence-electron chi connectivity index (χ2n) is 11.7. The molecule has 1 amide bonds. The minimum atomic E-state index is -1.28. The normalized spacial score (nSPS) is 22.2. The van der Waals surface area contributed by atoms with Crippen molar-refractivity contribution in [2.45, 2.75) is 42.7 Å². The first kappa shape index (κ1) is 29.6. The molecule has 7 rings (SSSR count). The van der Waals surface area contributed by atoms with Gasteiger partial charge >= 0.3 is 6.09 Å². The molecule has 4 aromatic rings. The monoisotopic (exact) mass is 626 g/mol. The summed E-state index contributed by atoms with van der Waals surface area (Å²) in [5.41, 5.74) is 2.69. The number of hydrogen-bond donors (Lipinski definition) is 2. The van der Waals surface area contributed by atoms with E-state index < -0.39 is 17.5 Å². The van der Waals surface area contributed by atoms with E-state index >= 15 is 4.39 Å². The molecule has 3 saturated heterocycles. The minimum absolute atomic E-state index is 0.0761. The Morgan fingerprint density at radius 2 is 1.40 bits per heavy atom. The van der Waals surface area contributed by atoms with Gasteiger partial charge in [0.15, 0.2) is 0 Å². The summed E-state index contributed by atoms with van der Waals surface area (Å²) < 4.78 is 34.4. The summed E-state index contributed by atoms with van der Waals surface area (Å²) in [5.74, 6) is 1.74. The second-order valence-corrected chi connectivity index (χ2v) is 12.7. The first-order chi connectivity index (χ1) is 22.0. The number of anilines is 2. The number of hydrogen-bond acceptors (Lipinski definition) is 6. The van der Waals surface area contributed by atoms with Crippen molar-refractivity contribution in [3.05, 3.63) is 126 Å². The third kappa shape index (κ3) is 6.00. The van der Waals surface area contributed by atoms with Crippen molar-refractivity contribution in [3.63, 3.8) is 0 Å². The van der Waals surface area contributed by atoms with Gasteiger partial charge in [-0.3, -0.25) is 5.32 Å². The fourth-order valence-corrected chi connectivity index (χ4v) is 8.05. The summed E-state index contributed by atoms with van der Waals surface area (Å²) >= 11 is 1.90. The molecule has 45 heavy (non-hydrogen) atoms. The number of halogens is 1. The van der Waals surface area contributed by atoms with Gasteiger partial charge in [0, 0.05) is 35.7 Å². The Hall–Kier alpha value is -4.05. The van der Waals surface area contributed by atoms with Crippen LogP contribution in [-0.4, -0.2) is 60.2 Å². The Bertz CT molecular complexity index is 1510. The zero-order valence-corrected chi connectivity index (χ0v) is 25.5. The maximum Gasteiger partial charge on any atom is 0.409 e. The molecule has 3 aliphatic heterocycles. The van der Waals surface area contributed by atoms with Gasteiger partial charge in [-0.2, -0.15) is 11.8 Å². The van der Waals surface area contributed by atoms with Crippen molar-refractivity contribution in [1.82, 2.24) is 0 Å². The molecule has 2 bridgehead atoms. The summed E-state index contributed by atoms with van der Waals surface area (Å²) in [7, 11) is 0. The van der Waals surface area contributed by atoms with Crippen molar-refractivity contribution in [3.8, 4) is 5.75 Å². The SMILES string of the molecule is O=C(O)Nc1cc(F)c(N2[C@@H]3CC[C@H]2CSC3)cc1OC[C@H]1O[C@H]1COC(c1ccccc1)(c1ccccc1)c1ccccc1. The molecule has 0 aromatic heterocycles. The molecule has 0 radical (unpaired) electrons. The number of nitrogens with zero attached hydrogens (tertiary/aromatic N) is 1. The van der Waals surface area contributed by atoms with E-state index in [1.54, 1.807) is 6.07 Å². The highest BCUT2D eigenvalue weighted by atomic mass is 32.2. The van der Waals surface area contributed by atoms with Crippen LogP contribution in [0.1, 0.15) is 29.5 Å². The highest BCUT2D eigenvalue weighted by Gasteiger charge is 2.45. The Kier molecular flexibility index (Phi) is 8.40. The number of benzene rings is 4. The van der Waals surface area contributed by atoms with E-state index in [0.29, 0.717) is 12.3 Å². The van der Waals surface area contributed by atoms with Crippen LogP contribution in [0.5, 0.6) is 5.75 Å². The lowest BCUT2D eigenvalue weighted by atomic mass is 9.80. The average molecular weight is 627 g/mol. The number of carboxylic acid groups (broad SMARTS) is 1. The molecule has 4 aromatic carbocycles. The molecule has 9 heteroatoms. The van der Waals surface area contributed by atoms with Crippen LogP contribution in [0.2, 0.25) is 0 Å². The minimum Gasteiger partial charge on any atom is -0.489 e. The van der Waals surface area contributed by atoms with E-state index in [1.165, 1.54) is 6.07 Å². The Labute approximate surface area is 266 Å². The topological polar surface area (TPSA) is 83.6 Å². The summed E-state index contributed by atoms with van der Waals surface area (Å²) in [4.78, 5) is 13.7. The Morgan fingerprint density at radius 3 is 1.93 bits per heavy atom. The summed E-state index contributed by atoms with van der Waals surface area (Å²) in [6, 6.07) is 33.9. The lowest BCUT2D eigenvalue weighted by Gasteiger charge is -2.37. The fraction of sp³-hybridized carbons (Fsp3) is 0.306. The van der Waals surface area contributed by atoms with Gasteiger partial charge in [0.25, 0.3) is 0 Å². The van der Waals surface area contributed by atoms with Gasteiger partial charge in [0.05, 0.1) is 18.0 Å². The quantitative estimate of drug-likeness (QED) is 0.135. The molecular formula is C36H35FN2O5S. The van der Waals surface area contributed by atoms with Crippen molar-refractivity contribution >= 4 is 29.2 Å². The largest absolute Gasteiger partial charge is 0.489 e. The van der Waals surface area contributed by atoms with E-state index in [4.69, 9.17) is 14.2 Å². The number of thioether (sulfide) groups is 1. The molecule has 4 atom stereocenters. The second kappa shape index (κ2) is 12.7. The van der Waals surface area contributed by atoms with Crippen molar-refractivity contribution < 1.29 is 28.5 Å². The standard InChI is InChI=1S/C36H35FN2O5S/c37-29-18-30(38-35(40)41)32(19-31(29)39-27-16-17-28(39)23-45-22-27)42-20-33-34(44-33)21-43-36(24-10-4-1-5-11-24,25-12-6-2-7-13-25)26-14-8-3-9-15-26/h1-15,18-19,27-28,33-34,38H,16-17,20-23H2,(H,40,41)/t27-,28+,33-,34+/m1/s1. The molecular weight excluding hydrogens is 591 g/mol. The Morgan fingerprint density at radius 1 is 0.867 bits per heavy atom. The van der Waals surface area contributed by atoms with Gasteiger partial charge in [-0.25, -0.2) is 9.18 Å². The van der Waals surface area contributed by atoms with Crippen LogP contribution in [0.15, 0.2) is 103 Å². The molecule has 0 spiro atoms. The van der Waals surface area contributed by atoms with Gasteiger partial charge in [-0.05, 0) is 29.5 Å². The molecule has 3 aliphatic rings. The van der Waals surface area contributed by atoms with Gasteiger partial charge in [-0.15, -0.1) is 0 Å². The van der Waals surface area contributed by atoms with Crippen LogP contribution in [0.25, 0.3) is 0 Å². The van der Waals surface area contributed by atoms with E-state index in [2.05, 4.69) is 46.6 Å². The Balaban J connectivity index is 1.10. The van der Waals surface area contributed by atoms with Gasteiger partial charge in [0.1, 0.15) is 36.0 Å². The number of rotatable bonds is 11. The fourth-order valence-electron chi connectivity index (χ4n) is 6.71. The maximum atomic E-state index is 15.4. The van der Waals surface area contributed by atoms with Crippen LogP contribution >= 0.6 is 11.8 Å². The summed E-state index contributed by atoms with van der Waals surface area (Å²) in [5, 5.41) is 11.7. The van der Waals surface area contributed by atoms with Crippen LogP contribution in [-0.2, 0) is 15.1 Å². The lowest BCUT2D eigenvalue weighted by Crippen LogP contribution is -2.43. The van der Waals surface area contributed by atoms with Gasteiger partial charge in [-0.1, -0.05) is 91.0 Å². The molecule has 0 unspecified atom stereocenters. The zero-order chi connectivity index (χ0) is 30.8. The molecule has 7 nitrogen and oxygen atoms in total. The average Bonchev–Trinajstić information content (AvgIpc) is 3.78. The number of epoxide rings is 1. The van der Waals surface area contributed by atoms with Crippen LogP contribution in [0.3, 0.4) is 0 Å². The van der Waals surface area contributed by atoms with Crippen molar-refractivity contribution in [2.24, 2.45) is 0 Å². The van der Waals surface area contributed by atoms with Crippen LogP contribution < -0.4 is 15.0 Å². The van der Waals surface area contributed by atoms with Gasteiger partial charge < -0.3 is 24.2 Å². The highest BCUT2D eigenvalue weighted by molar-refractivity contribution is 7.99. The first-order valence-corrected chi connectivity index (χ1v) is 16.5. The molecule has 232 valence electrons. The summed E-state index contributed by atoms with van der Waals surface area (Å²) in [6.45, 7) is 0.474. The molecule has 0 aliphatic carbocycles. The number of amides is 1. The smallest absolute Gasteiger partial charge is 0.409 e. The molecule has 3 fully saturated rings. The van der Waals surface area contributed by atoms with E-state index in [-0.39, 0.29) is 42.3 Å². The third-order valence-corrected chi connectivity index (χ3v) is 10.1. The third-order valence-electron chi connectivity index (χ3n) is 8.90. The number of ether oxygens (including phenoxy) is 3. The van der Waals surface area contributed by atoms with E-state index in [0.717, 1.165) is 41.0 Å². The predicted octanol–water partition coefficient (Wildman–Crippen LogP) is 7.15. The summed E-state index contributed by atoms with van der Waals surface area (Å²) in [6.07, 6.45) is 0.270. The predicted molar refractivity (Wildman–Crippen MR) is 174 cm³/mol. The number of carbonyl (C=O) groups is 1. The number of nitrogens with one attached hydrogen (secondary N) is 1. The van der Waals surface area contributed by atoms with Crippen molar-refractivity contribution in [1.29, 1.82) is 0 Å². The van der Waals surface area contributed by atoms with Crippen molar-refractivity contribution in [2.75, 3.05) is 34.9 Å². The van der Waals surface area contributed by atoms with E-state index in [9.17, 15) is 9.90 Å². The lowest BCUT2D eigenvalue weighted by molar-refractivity contribution is 0.00425. The van der Waals surface area contributed by atoms with Crippen LogP contribution in [0.4, 0.5) is 20.6 Å². The molecule has 0 saturated carbocycles.